The van der Waals surface area contributed by atoms with Crippen LogP contribution in [-0.4, -0.2) is 27.8 Å². The minimum absolute atomic E-state index is 0.293. The fourth-order valence-corrected chi connectivity index (χ4v) is 3.03. The fourth-order valence-electron chi connectivity index (χ4n) is 3.03. The van der Waals surface area contributed by atoms with Gasteiger partial charge >= 0.3 is 12.2 Å². The third-order valence-electron chi connectivity index (χ3n) is 4.55. The average molecular weight is 438 g/mol. The highest BCUT2D eigenvalue weighted by Crippen LogP contribution is 2.32. The highest BCUT2D eigenvalue weighted by molar-refractivity contribution is 6.39. The Kier molecular flexibility index (Phi) is 5.27. The summed E-state index contributed by atoms with van der Waals surface area (Å²) in [7, 11) is 0. The van der Waals surface area contributed by atoms with E-state index in [2.05, 4.69) is 9.97 Å². The number of benzene rings is 2. The monoisotopic (exact) mass is 438 g/mol. The summed E-state index contributed by atoms with van der Waals surface area (Å²) in [4.78, 5) is 46.2. The van der Waals surface area contributed by atoms with Crippen LogP contribution >= 0.6 is 0 Å². The first-order chi connectivity index (χ1) is 15.2. The maximum atomic E-state index is 13.0. The molecule has 10 heteroatoms. The van der Waals surface area contributed by atoms with Crippen molar-refractivity contribution >= 4 is 29.6 Å². The molecule has 4 rings (SSSR count). The van der Waals surface area contributed by atoms with Crippen LogP contribution in [0.2, 0.25) is 0 Å². The molecular formula is C22H13F3N4O3. The van der Waals surface area contributed by atoms with E-state index in [-0.39, 0.29) is 5.69 Å². The molecule has 1 N–H and O–H groups in total. The van der Waals surface area contributed by atoms with Gasteiger partial charge in [-0.3, -0.25) is 14.9 Å². The molecule has 1 aromatic heterocycles. The van der Waals surface area contributed by atoms with Gasteiger partial charge in [-0.1, -0.05) is 36.4 Å². The molecule has 0 bridgehead atoms. The van der Waals surface area contributed by atoms with E-state index in [9.17, 15) is 27.6 Å². The van der Waals surface area contributed by atoms with Crippen molar-refractivity contribution in [3.63, 3.8) is 0 Å². The third-order valence-corrected chi connectivity index (χ3v) is 4.55. The predicted molar refractivity (Wildman–Crippen MR) is 108 cm³/mol. The highest BCUT2D eigenvalue weighted by Gasteiger charge is 2.38. The van der Waals surface area contributed by atoms with Gasteiger partial charge in [0.2, 0.25) is 0 Å². The van der Waals surface area contributed by atoms with E-state index in [1.165, 1.54) is 18.5 Å². The second-order valence-corrected chi connectivity index (χ2v) is 6.71. The molecule has 1 fully saturated rings. The standard InChI is InChI=1S/C22H13F3N4O3/c23-22(24,25)15-7-4-8-16(10-15)29-20(31)17(19(30)28-21(29)32)9-13-11-26-18(27-12-13)14-5-2-1-3-6-14/h1-12H,(H,28,30,32)/b17-9+. The van der Waals surface area contributed by atoms with Gasteiger partial charge in [-0.2, -0.15) is 13.2 Å². The Morgan fingerprint density at radius 1 is 0.906 bits per heavy atom. The van der Waals surface area contributed by atoms with Crippen molar-refractivity contribution < 1.29 is 27.6 Å². The zero-order valence-electron chi connectivity index (χ0n) is 16.1. The van der Waals surface area contributed by atoms with Gasteiger partial charge in [0, 0.05) is 23.5 Å². The molecule has 1 saturated heterocycles. The van der Waals surface area contributed by atoms with Crippen LogP contribution in [0, 0.1) is 0 Å². The Morgan fingerprint density at radius 2 is 1.59 bits per heavy atom. The van der Waals surface area contributed by atoms with Crippen LogP contribution in [0.1, 0.15) is 11.1 Å². The van der Waals surface area contributed by atoms with Gasteiger partial charge in [0.05, 0.1) is 11.3 Å². The Balaban J connectivity index is 1.66. The largest absolute Gasteiger partial charge is 0.416 e. The number of barbiturate groups is 1. The number of alkyl halides is 3. The number of aromatic nitrogens is 2. The normalized spacial score (nSPS) is 15.8. The molecular weight excluding hydrogens is 425 g/mol. The minimum atomic E-state index is -4.67. The van der Waals surface area contributed by atoms with Crippen LogP contribution in [0.5, 0.6) is 0 Å². The van der Waals surface area contributed by atoms with Crippen LogP contribution in [-0.2, 0) is 15.8 Å². The van der Waals surface area contributed by atoms with E-state index in [0.29, 0.717) is 22.4 Å². The van der Waals surface area contributed by atoms with E-state index in [0.717, 1.165) is 23.8 Å². The summed E-state index contributed by atoms with van der Waals surface area (Å²) in [5.74, 6) is -1.62. The number of carbonyl (C=O) groups excluding carboxylic acids is 3. The Bertz CT molecular complexity index is 1240. The maximum Gasteiger partial charge on any atom is 0.416 e. The molecule has 4 amide bonds. The van der Waals surface area contributed by atoms with E-state index >= 15 is 0 Å². The number of urea groups is 1. The minimum Gasteiger partial charge on any atom is -0.273 e. The molecule has 0 radical (unpaired) electrons. The lowest BCUT2D eigenvalue weighted by atomic mass is 10.1. The lowest BCUT2D eigenvalue weighted by Gasteiger charge is -2.26. The molecule has 7 nitrogen and oxygen atoms in total. The fraction of sp³-hybridized carbons (Fsp3) is 0.0455. The summed E-state index contributed by atoms with van der Waals surface area (Å²) >= 11 is 0. The topological polar surface area (TPSA) is 92.3 Å². The van der Waals surface area contributed by atoms with Crippen molar-refractivity contribution in [2.45, 2.75) is 6.18 Å². The number of imide groups is 2. The Labute approximate surface area is 179 Å². The number of rotatable bonds is 3. The molecule has 1 aliphatic heterocycles. The number of amides is 4. The summed E-state index contributed by atoms with van der Waals surface area (Å²) in [6.45, 7) is 0. The summed E-state index contributed by atoms with van der Waals surface area (Å²) in [5, 5.41) is 1.96. The quantitative estimate of drug-likeness (QED) is 0.496. The molecule has 0 spiro atoms. The SMILES string of the molecule is O=C1NC(=O)N(c2cccc(C(F)(F)F)c2)C(=O)/C1=C/c1cnc(-c2ccccc2)nc1. The number of nitrogens with zero attached hydrogens (tertiary/aromatic N) is 3. The van der Waals surface area contributed by atoms with Crippen LogP contribution < -0.4 is 10.2 Å². The summed E-state index contributed by atoms with van der Waals surface area (Å²) in [6.07, 6.45) is -0.737. The van der Waals surface area contributed by atoms with Crippen LogP contribution in [0.3, 0.4) is 0 Å². The summed E-state index contributed by atoms with van der Waals surface area (Å²) in [5.41, 5.74) is -0.751. The Morgan fingerprint density at radius 3 is 2.25 bits per heavy atom. The van der Waals surface area contributed by atoms with E-state index in [4.69, 9.17) is 0 Å². The second-order valence-electron chi connectivity index (χ2n) is 6.71. The zero-order chi connectivity index (χ0) is 22.9. The molecule has 32 heavy (non-hydrogen) atoms. The predicted octanol–water partition coefficient (Wildman–Crippen LogP) is 3.83. The number of carbonyl (C=O) groups is 3. The zero-order valence-corrected chi connectivity index (χ0v) is 16.1. The van der Waals surface area contributed by atoms with Gasteiger partial charge in [-0.15, -0.1) is 0 Å². The number of halogens is 3. The van der Waals surface area contributed by atoms with Crippen molar-refractivity contribution in [1.82, 2.24) is 15.3 Å². The van der Waals surface area contributed by atoms with Gasteiger partial charge in [0.15, 0.2) is 5.82 Å². The van der Waals surface area contributed by atoms with Gasteiger partial charge in [-0.25, -0.2) is 19.7 Å². The molecule has 160 valence electrons. The van der Waals surface area contributed by atoms with E-state index in [1.807, 2.05) is 35.6 Å². The smallest absolute Gasteiger partial charge is 0.273 e. The van der Waals surface area contributed by atoms with Crippen molar-refractivity contribution in [1.29, 1.82) is 0 Å². The van der Waals surface area contributed by atoms with Crippen LogP contribution in [0.25, 0.3) is 17.5 Å². The van der Waals surface area contributed by atoms with Gasteiger partial charge < -0.3 is 0 Å². The third kappa shape index (κ3) is 4.10. The molecule has 0 saturated carbocycles. The first-order valence-corrected chi connectivity index (χ1v) is 9.20. The number of hydrogen-bond donors (Lipinski definition) is 1. The maximum absolute atomic E-state index is 13.0. The van der Waals surface area contributed by atoms with Crippen molar-refractivity contribution in [3.05, 3.63) is 83.7 Å². The first-order valence-electron chi connectivity index (χ1n) is 9.20. The molecule has 0 aliphatic carbocycles. The van der Waals surface area contributed by atoms with Gasteiger partial charge in [-0.05, 0) is 24.3 Å². The van der Waals surface area contributed by atoms with Crippen LogP contribution in [0.15, 0.2) is 72.6 Å². The molecule has 2 aromatic carbocycles. The molecule has 0 unspecified atom stereocenters. The van der Waals surface area contributed by atoms with Crippen LogP contribution in [0.4, 0.5) is 23.7 Å². The van der Waals surface area contributed by atoms with E-state index < -0.39 is 35.2 Å². The number of nitrogens with one attached hydrogen (secondary N) is 1. The number of anilines is 1. The molecule has 2 heterocycles. The lowest BCUT2D eigenvalue weighted by Crippen LogP contribution is -2.54. The first kappa shape index (κ1) is 20.9. The Hall–Kier alpha value is -4.34. The number of hydrogen-bond acceptors (Lipinski definition) is 5. The van der Waals surface area contributed by atoms with E-state index in [1.54, 1.807) is 0 Å². The van der Waals surface area contributed by atoms with Gasteiger partial charge in [0.1, 0.15) is 5.57 Å². The molecule has 3 aromatic rings. The van der Waals surface area contributed by atoms with Crippen molar-refractivity contribution in [2.75, 3.05) is 4.90 Å². The summed E-state index contributed by atoms with van der Waals surface area (Å²) < 4.78 is 39.1. The second kappa shape index (κ2) is 8.06. The van der Waals surface area contributed by atoms with Crippen molar-refractivity contribution in [2.24, 2.45) is 0 Å². The molecule has 1 aliphatic rings. The average Bonchev–Trinajstić information content (AvgIpc) is 2.77. The van der Waals surface area contributed by atoms with Crippen molar-refractivity contribution in [3.8, 4) is 11.4 Å². The molecule has 0 atom stereocenters. The lowest BCUT2D eigenvalue weighted by molar-refractivity contribution is -0.137. The highest BCUT2D eigenvalue weighted by atomic mass is 19.4. The summed E-state index contributed by atoms with van der Waals surface area (Å²) in [6, 6.07) is 11.6. The van der Waals surface area contributed by atoms with Gasteiger partial charge in [0.25, 0.3) is 11.8 Å².